The van der Waals surface area contributed by atoms with E-state index in [4.69, 9.17) is 0 Å². The van der Waals surface area contributed by atoms with E-state index in [2.05, 4.69) is 54.1 Å². The van der Waals surface area contributed by atoms with Crippen molar-refractivity contribution in [1.29, 1.82) is 0 Å². The number of fused-ring (bicyclic) bond motifs is 3. The number of hydrogen-bond donors (Lipinski definition) is 3. The van der Waals surface area contributed by atoms with E-state index in [-0.39, 0.29) is 0 Å². The van der Waals surface area contributed by atoms with Gasteiger partial charge in [-0.25, -0.2) is 13.4 Å². The minimum atomic E-state index is -3.36. The van der Waals surface area contributed by atoms with Crippen molar-refractivity contribution < 1.29 is 8.42 Å². The number of aromatic amines is 2. The second-order valence-electron chi connectivity index (χ2n) is 7.93. The van der Waals surface area contributed by atoms with E-state index in [1.165, 1.54) is 0 Å². The van der Waals surface area contributed by atoms with Gasteiger partial charge < -0.3 is 4.98 Å². The van der Waals surface area contributed by atoms with Crippen molar-refractivity contribution in [3.63, 3.8) is 0 Å². The fraction of sp³-hybridized carbons (Fsp3) is 0.0417. The van der Waals surface area contributed by atoms with E-state index in [9.17, 15) is 8.42 Å². The first kappa shape index (κ1) is 19.4. The van der Waals surface area contributed by atoms with E-state index in [1.807, 2.05) is 30.6 Å². The highest BCUT2D eigenvalue weighted by molar-refractivity contribution is 7.92. The summed E-state index contributed by atoms with van der Waals surface area (Å²) in [4.78, 5) is 12.3. The Morgan fingerprint density at radius 2 is 1.79 bits per heavy atom. The maximum Gasteiger partial charge on any atom is 0.229 e. The van der Waals surface area contributed by atoms with Crippen LogP contribution in [0.4, 0.5) is 5.69 Å². The lowest BCUT2D eigenvalue weighted by Crippen LogP contribution is -2.09. The van der Waals surface area contributed by atoms with Crippen LogP contribution in [0.25, 0.3) is 55.4 Å². The van der Waals surface area contributed by atoms with Crippen molar-refractivity contribution in [1.82, 2.24) is 25.1 Å². The molecule has 0 amide bonds. The molecule has 6 rings (SSSR count). The summed E-state index contributed by atoms with van der Waals surface area (Å²) in [6, 6.07) is 19.5. The molecule has 3 heterocycles. The number of H-pyrrole nitrogens is 2. The zero-order valence-electron chi connectivity index (χ0n) is 17.5. The first-order valence-corrected chi connectivity index (χ1v) is 12.1. The molecular weight excluding hydrogens is 436 g/mol. The Bertz CT molecular complexity index is 1780. The normalized spacial score (nSPS) is 12.0. The Morgan fingerprint density at radius 3 is 2.67 bits per heavy atom. The number of benzene rings is 3. The molecular formula is C24H18N6O2S. The molecule has 33 heavy (non-hydrogen) atoms. The minimum absolute atomic E-state index is 0.470. The summed E-state index contributed by atoms with van der Waals surface area (Å²) in [5, 5.41) is 10.7. The molecule has 3 aromatic carbocycles. The smallest absolute Gasteiger partial charge is 0.229 e. The molecule has 162 valence electrons. The van der Waals surface area contributed by atoms with Crippen LogP contribution in [0.15, 0.2) is 73.1 Å². The maximum atomic E-state index is 11.6. The number of imidazole rings is 1. The summed E-state index contributed by atoms with van der Waals surface area (Å²) in [7, 11) is -3.36. The summed E-state index contributed by atoms with van der Waals surface area (Å²) in [6.07, 6.45) is 4.86. The van der Waals surface area contributed by atoms with Crippen LogP contribution in [0.5, 0.6) is 0 Å². The monoisotopic (exact) mass is 454 g/mol. The summed E-state index contributed by atoms with van der Waals surface area (Å²) >= 11 is 0. The molecule has 3 aromatic heterocycles. The third-order valence-electron chi connectivity index (χ3n) is 5.55. The maximum absolute atomic E-state index is 11.6. The second-order valence-corrected chi connectivity index (χ2v) is 9.68. The van der Waals surface area contributed by atoms with Gasteiger partial charge in [0.05, 0.1) is 28.5 Å². The minimum Gasteiger partial charge on any atom is -0.337 e. The molecule has 0 saturated heterocycles. The first-order chi connectivity index (χ1) is 15.9. The molecule has 0 unspecified atom stereocenters. The van der Waals surface area contributed by atoms with Crippen molar-refractivity contribution >= 4 is 48.4 Å². The molecule has 0 fully saturated rings. The van der Waals surface area contributed by atoms with Gasteiger partial charge in [0.1, 0.15) is 5.69 Å². The van der Waals surface area contributed by atoms with Crippen molar-refractivity contribution in [2.45, 2.75) is 0 Å². The van der Waals surface area contributed by atoms with Crippen LogP contribution in [-0.4, -0.2) is 39.8 Å². The van der Waals surface area contributed by atoms with Crippen molar-refractivity contribution in [2.75, 3.05) is 11.0 Å². The lowest BCUT2D eigenvalue weighted by atomic mass is 9.99. The molecule has 0 atom stereocenters. The van der Waals surface area contributed by atoms with Crippen molar-refractivity contribution in [3.05, 3.63) is 73.1 Å². The molecule has 0 saturated carbocycles. The highest BCUT2D eigenvalue weighted by Gasteiger charge is 2.15. The van der Waals surface area contributed by atoms with Crippen LogP contribution in [0.2, 0.25) is 0 Å². The molecule has 8 nitrogen and oxygen atoms in total. The number of nitrogens with one attached hydrogen (secondary N) is 3. The predicted molar refractivity (Wildman–Crippen MR) is 130 cm³/mol. The van der Waals surface area contributed by atoms with E-state index in [0.29, 0.717) is 22.7 Å². The lowest BCUT2D eigenvalue weighted by molar-refractivity contribution is 0.607. The van der Waals surface area contributed by atoms with E-state index < -0.39 is 10.0 Å². The summed E-state index contributed by atoms with van der Waals surface area (Å²) in [5.41, 5.74) is 5.56. The van der Waals surface area contributed by atoms with Gasteiger partial charge in [-0.1, -0.05) is 30.3 Å². The molecule has 9 heteroatoms. The van der Waals surface area contributed by atoms with Gasteiger partial charge in [0.2, 0.25) is 10.0 Å². The molecule has 0 radical (unpaired) electrons. The van der Waals surface area contributed by atoms with Gasteiger partial charge in [0, 0.05) is 28.7 Å². The fourth-order valence-electron chi connectivity index (χ4n) is 4.11. The third-order valence-corrected chi connectivity index (χ3v) is 6.16. The molecule has 0 spiro atoms. The average molecular weight is 455 g/mol. The number of hydrogen-bond acceptors (Lipinski definition) is 5. The predicted octanol–water partition coefficient (Wildman–Crippen LogP) is 4.69. The summed E-state index contributed by atoms with van der Waals surface area (Å²) in [6.45, 7) is 0. The summed E-state index contributed by atoms with van der Waals surface area (Å²) < 4.78 is 25.6. The molecule has 0 aliphatic carbocycles. The SMILES string of the molecule is CS(=O)(=O)Nc1ccc2nc(-c3n[nH]c4ccc(-c5cncc6ccccc56)cc34)[nH]c2c1. The number of rotatable bonds is 4. The number of anilines is 1. The second kappa shape index (κ2) is 7.14. The topological polar surface area (TPSA) is 116 Å². The summed E-state index contributed by atoms with van der Waals surface area (Å²) in [5.74, 6) is 0.598. The van der Waals surface area contributed by atoms with E-state index in [0.717, 1.165) is 44.6 Å². The van der Waals surface area contributed by atoms with Crippen molar-refractivity contribution in [3.8, 4) is 22.6 Å². The average Bonchev–Trinajstić information content (AvgIpc) is 3.40. The Hall–Kier alpha value is -4.24. The quantitative estimate of drug-likeness (QED) is 0.357. The first-order valence-electron chi connectivity index (χ1n) is 10.2. The number of sulfonamides is 1. The van der Waals surface area contributed by atoms with Gasteiger partial charge >= 0.3 is 0 Å². The van der Waals surface area contributed by atoms with Crippen LogP contribution in [0, 0.1) is 0 Å². The Morgan fingerprint density at radius 1 is 0.909 bits per heavy atom. The van der Waals surface area contributed by atoms with Gasteiger partial charge in [-0.3, -0.25) is 14.8 Å². The Kier molecular flexibility index (Phi) is 4.21. The van der Waals surface area contributed by atoms with Crippen LogP contribution in [0.3, 0.4) is 0 Å². The zero-order chi connectivity index (χ0) is 22.6. The highest BCUT2D eigenvalue weighted by atomic mass is 32.2. The Labute approximate surface area is 188 Å². The van der Waals surface area contributed by atoms with E-state index in [1.54, 1.807) is 18.2 Å². The molecule has 0 bridgehead atoms. The number of nitrogens with zero attached hydrogens (tertiary/aromatic N) is 3. The van der Waals surface area contributed by atoms with Crippen LogP contribution < -0.4 is 4.72 Å². The van der Waals surface area contributed by atoms with Crippen LogP contribution in [0.1, 0.15) is 0 Å². The largest absolute Gasteiger partial charge is 0.337 e. The van der Waals surface area contributed by atoms with Gasteiger partial charge in [0.25, 0.3) is 0 Å². The molecule has 0 aliphatic heterocycles. The van der Waals surface area contributed by atoms with E-state index >= 15 is 0 Å². The third kappa shape index (κ3) is 3.48. The molecule has 0 aliphatic rings. The van der Waals surface area contributed by atoms with Gasteiger partial charge in [-0.05, 0) is 41.3 Å². The standard InChI is InChI=1S/C24H18N6O2S/c1-33(31,32)30-16-7-9-21-22(11-16)27-24(26-21)23-18-10-14(6-8-20(18)28-29-23)19-13-25-12-15-4-2-3-5-17(15)19/h2-13,30H,1H3,(H,26,27)(H,28,29). The van der Waals surface area contributed by atoms with Crippen molar-refractivity contribution in [2.24, 2.45) is 0 Å². The van der Waals surface area contributed by atoms with Gasteiger partial charge in [0.15, 0.2) is 5.82 Å². The van der Waals surface area contributed by atoms with Crippen LogP contribution >= 0.6 is 0 Å². The zero-order valence-corrected chi connectivity index (χ0v) is 18.3. The van der Waals surface area contributed by atoms with Crippen LogP contribution in [-0.2, 0) is 10.0 Å². The van der Waals surface area contributed by atoms with Gasteiger partial charge in [-0.2, -0.15) is 5.10 Å². The number of aromatic nitrogens is 5. The highest BCUT2D eigenvalue weighted by Crippen LogP contribution is 2.33. The fourth-order valence-corrected chi connectivity index (χ4v) is 4.66. The van der Waals surface area contributed by atoms with Gasteiger partial charge in [-0.15, -0.1) is 0 Å². The molecule has 3 N–H and O–H groups in total. The molecule has 6 aromatic rings. The lowest BCUT2D eigenvalue weighted by Gasteiger charge is -2.06. The number of pyridine rings is 1. The Balaban J connectivity index is 1.47.